The minimum Gasteiger partial charge on any atom is -0.508 e. The lowest BCUT2D eigenvalue weighted by Gasteiger charge is -2.50. The number of benzene rings is 2. The summed E-state index contributed by atoms with van der Waals surface area (Å²) >= 11 is 17.2. The molecule has 4 aliphatic rings. The van der Waals surface area contributed by atoms with Gasteiger partial charge in [0, 0.05) is 5.92 Å². The third-order valence-electron chi connectivity index (χ3n) is 9.07. The van der Waals surface area contributed by atoms with Crippen molar-refractivity contribution >= 4 is 68.4 Å². The second-order valence-corrected chi connectivity index (χ2v) is 13.1. The lowest BCUT2D eigenvalue weighted by molar-refractivity contribution is -0.143. The first kappa shape index (κ1) is 31.9. The molecule has 2 aliphatic carbocycles. The maximum Gasteiger partial charge on any atom is 0.416 e. The van der Waals surface area contributed by atoms with Gasteiger partial charge in [-0.2, -0.15) is 26.3 Å². The first-order chi connectivity index (χ1) is 20.9. The molecule has 6 unspecified atom stereocenters. The van der Waals surface area contributed by atoms with Crippen molar-refractivity contribution in [3.05, 3.63) is 70.8 Å². The van der Waals surface area contributed by atoms with Crippen molar-refractivity contribution in [2.45, 2.75) is 40.9 Å². The number of allylic oxidation sites excluding steroid dienone is 2. The van der Waals surface area contributed by atoms with E-state index in [0.29, 0.717) is 28.2 Å². The predicted octanol–water partition coefficient (Wildman–Crippen LogP) is 6.35. The maximum atomic E-state index is 14.0. The van der Waals surface area contributed by atoms with Crippen molar-refractivity contribution in [1.29, 1.82) is 0 Å². The van der Waals surface area contributed by atoms with E-state index < -0.39 is 92.6 Å². The van der Waals surface area contributed by atoms with Crippen molar-refractivity contribution < 1.29 is 50.6 Å². The Morgan fingerprint density at radius 3 is 1.98 bits per heavy atom. The van der Waals surface area contributed by atoms with Crippen molar-refractivity contribution in [3.63, 3.8) is 0 Å². The third kappa shape index (κ3) is 4.45. The van der Waals surface area contributed by atoms with E-state index in [1.54, 1.807) is 6.08 Å². The van der Waals surface area contributed by atoms with Crippen LogP contribution < -0.4 is 4.90 Å². The molecule has 2 aromatic carbocycles. The van der Waals surface area contributed by atoms with E-state index in [9.17, 15) is 50.6 Å². The van der Waals surface area contributed by atoms with Gasteiger partial charge in [0.15, 0.2) is 9.75 Å². The number of likely N-dealkylation sites (tertiary alicyclic amines) is 1. The highest BCUT2D eigenvalue weighted by Gasteiger charge is 2.76. The molecule has 0 spiro atoms. The number of aromatic hydroxyl groups is 1. The highest BCUT2D eigenvalue weighted by Crippen LogP contribution is 2.65. The average molecular weight is 740 g/mol. The van der Waals surface area contributed by atoms with E-state index in [0.717, 1.165) is 4.90 Å². The Bertz CT molecular complexity index is 1670. The molecule has 6 rings (SSSR count). The van der Waals surface area contributed by atoms with Gasteiger partial charge < -0.3 is 5.11 Å². The average Bonchev–Trinajstić information content (AvgIpc) is 3.30. The second-order valence-electron chi connectivity index (χ2n) is 11.4. The highest BCUT2D eigenvalue weighted by atomic mass is 79.9. The summed E-state index contributed by atoms with van der Waals surface area (Å²) in [7, 11) is 0. The van der Waals surface area contributed by atoms with Crippen LogP contribution in [0, 0.1) is 17.8 Å². The van der Waals surface area contributed by atoms with Crippen LogP contribution in [0.5, 0.6) is 5.75 Å². The summed E-state index contributed by atoms with van der Waals surface area (Å²) in [5.41, 5.74) is -3.89. The Labute approximate surface area is 268 Å². The molecule has 1 saturated carbocycles. The fourth-order valence-electron chi connectivity index (χ4n) is 7.12. The molecular formula is C29H19BrCl2F6N2O5. The van der Waals surface area contributed by atoms with Gasteiger partial charge in [0.1, 0.15) is 5.75 Å². The van der Waals surface area contributed by atoms with Crippen molar-refractivity contribution in [1.82, 2.24) is 4.90 Å². The number of fused-ring (bicyclic) bond motifs is 4. The van der Waals surface area contributed by atoms with E-state index in [2.05, 4.69) is 15.9 Å². The number of hydrogen-bond donors (Lipinski definition) is 1. The zero-order valence-electron chi connectivity index (χ0n) is 22.4. The van der Waals surface area contributed by atoms with E-state index in [1.807, 2.05) is 0 Å². The van der Waals surface area contributed by atoms with Gasteiger partial charge in [-0.1, -0.05) is 39.7 Å². The Kier molecular flexibility index (Phi) is 7.22. The minimum atomic E-state index is -5.23. The molecule has 45 heavy (non-hydrogen) atoms. The van der Waals surface area contributed by atoms with Crippen LogP contribution in [0.1, 0.15) is 35.4 Å². The molecule has 1 N–H and O–H groups in total. The number of nitrogens with zero attached hydrogens (tertiary/aromatic N) is 2. The topological polar surface area (TPSA) is 95.0 Å². The molecular weight excluding hydrogens is 721 g/mol. The first-order valence-corrected chi connectivity index (χ1v) is 15.2. The van der Waals surface area contributed by atoms with Gasteiger partial charge in [-0.25, -0.2) is 4.90 Å². The number of halogens is 9. The van der Waals surface area contributed by atoms with Crippen LogP contribution in [-0.4, -0.2) is 48.8 Å². The standard InChI is InChI=1S/C29H19BrCl2F6N2O5/c30-11-39-24(44)26(31)10-19-17(21(27(26,32)25(39)45)12-1-3-16(41)4-2-12)5-6-18-20(19)23(43)40(22(18)42)15-8-13(28(33,34)35)7-14(9-15)29(36,37)38/h1-5,7-9,18-21,41H,6,10-11H2. The van der Waals surface area contributed by atoms with Crippen LogP contribution in [0.15, 0.2) is 54.1 Å². The van der Waals surface area contributed by atoms with Gasteiger partial charge in [0.05, 0.1) is 34.1 Å². The Balaban J connectivity index is 1.49. The van der Waals surface area contributed by atoms with Gasteiger partial charge in [0.25, 0.3) is 11.8 Å². The maximum absolute atomic E-state index is 14.0. The Morgan fingerprint density at radius 2 is 1.44 bits per heavy atom. The summed E-state index contributed by atoms with van der Waals surface area (Å²) in [6.07, 6.45) is -9.49. The van der Waals surface area contributed by atoms with Crippen LogP contribution in [0.25, 0.3) is 0 Å². The summed E-state index contributed by atoms with van der Waals surface area (Å²) < 4.78 is 81.7. The molecule has 4 amide bonds. The summed E-state index contributed by atoms with van der Waals surface area (Å²) in [4.78, 5) is 51.8. The Morgan fingerprint density at radius 1 is 0.867 bits per heavy atom. The first-order valence-electron chi connectivity index (χ1n) is 13.3. The molecule has 2 aromatic rings. The van der Waals surface area contributed by atoms with Crippen molar-refractivity contribution in [3.8, 4) is 5.75 Å². The fraction of sp³-hybridized carbons (Fsp3) is 0.379. The van der Waals surface area contributed by atoms with Crippen molar-refractivity contribution in [2.75, 3.05) is 10.4 Å². The molecule has 0 aromatic heterocycles. The predicted molar refractivity (Wildman–Crippen MR) is 150 cm³/mol. The third-order valence-corrected chi connectivity index (χ3v) is 11.0. The van der Waals surface area contributed by atoms with Crippen LogP contribution in [0.3, 0.4) is 0 Å². The highest BCUT2D eigenvalue weighted by molar-refractivity contribution is 9.09. The van der Waals surface area contributed by atoms with Crippen LogP contribution >= 0.6 is 39.1 Å². The zero-order chi connectivity index (χ0) is 33.0. The number of hydrogen-bond acceptors (Lipinski definition) is 5. The van der Waals surface area contributed by atoms with Gasteiger partial charge in [-0.15, -0.1) is 23.2 Å². The molecule has 0 bridgehead atoms. The van der Waals surface area contributed by atoms with Gasteiger partial charge >= 0.3 is 12.4 Å². The number of amides is 4. The molecule has 0 radical (unpaired) electrons. The lowest BCUT2D eigenvalue weighted by atomic mass is 9.56. The van der Waals surface area contributed by atoms with E-state index >= 15 is 0 Å². The zero-order valence-corrected chi connectivity index (χ0v) is 25.5. The largest absolute Gasteiger partial charge is 0.508 e. The van der Waals surface area contributed by atoms with E-state index in [4.69, 9.17) is 23.2 Å². The van der Waals surface area contributed by atoms with Gasteiger partial charge in [-0.3, -0.25) is 24.1 Å². The van der Waals surface area contributed by atoms with Crippen molar-refractivity contribution in [2.24, 2.45) is 17.8 Å². The number of phenolic OH excluding ortho intramolecular Hbond substituents is 1. The normalized spacial score (nSPS) is 31.6. The lowest BCUT2D eigenvalue weighted by Crippen LogP contribution is -2.60. The molecule has 2 saturated heterocycles. The van der Waals surface area contributed by atoms with Gasteiger partial charge in [0.2, 0.25) is 11.8 Å². The summed E-state index contributed by atoms with van der Waals surface area (Å²) in [5, 5.41) is 9.89. The minimum absolute atomic E-state index is 0.111. The van der Waals surface area contributed by atoms with Crippen LogP contribution in [-0.2, 0) is 31.5 Å². The molecule has 2 aliphatic heterocycles. The number of imide groups is 2. The number of carbonyl (C=O) groups excluding carboxylic acids is 4. The summed E-state index contributed by atoms with van der Waals surface area (Å²) in [5.74, 6) is -8.73. The SMILES string of the molecule is O=C1C2CC=C3C(CC4(Cl)C(=O)N(CBr)C(=O)C4(Cl)C3c3ccc(O)cc3)C2C(=O)N1c1cc(C(F)(F)F)cc(C(F)(F)F)c1. The number of rotatable bonds is 3. The van der Waals surface area contributed by atoms with Gasteiger partial charge in [-0.05, 0) is 54.7 Å². The molecule has 6 atom stereocenters. The summed E-state index contributed by atoms with van der Waals surface area (Å²) in [6.45, 7) is 0. The number of alkyl halides is 9. The molecule has 2 heterocycles. The number of anilines is 1. The van der Waals surface area contributed by atoms with E-state index in [-0.39, 0.29) is 23.7 Å². The quantitative estimate of drug-likeness (QED) is 0.130. The molecule has 16 heteroatoms. The number of carbonyl (C=O) groups is 4. The number of phenols is 1. The smallest absolute Gasteiger partial charge is 0.416 e. The Hall–Kier alpha value is -3.10. The molecule has 7 nitrogen and oxygen atoms in total. The second kappa shape index (κ2) is 10.2. The molecule has 3 fully saturated rings. The summed E-state index contributed by atoms with van der Waals surface area (Å²) in [6, 6.07) is 6.00. The van der Waals surface area contributed by atoms with E-state index in [1.165, 1.54) is 24.3 Å². The van der Waals surface area contributed by atoms with Crippen LogP contribution in [0.4, 0.5) is 32.0 Å². The monoisotopic (exact) mass is 738 g/mol. The molecule has 238 valence electrons. The fourth-order valence-corrected chi connectivity index (χ4v) is 8.54. The van der Waals surface area contributed by atoms with Crippen LogP contribution in [0.2, 0.25) is 0 Å².